The Balaban J connectivity index is 2.07. The predicted octanol–water partition coefficient (Wildman–Crippen LogP) is 2.57. The minimum Gasteiger partial charge on any atom is -0.316 e. The van der Waals surface area contributed by atoms with Gasteiger partial charge in [0.1, 0.15) is 5.82 Å². The van der Waals surface area contributed by atoms with Crippen molar-refractivity contribution in [3.8, 4) is 0 Å². The molecule has 0 atom stereocenters. The summed E-state index contributed by atoms with van der Waals surface area (Å²) in [6.07, 6.45) is -2.71. The molecule has 0 fully saturated rings. The van der Waals surface area contributed by atoms with Crippen LogP contribution in [-0.4, -0.2) is 21.9 Å². The molecule has 1 aromatic heterocycles. The van der Waals surface area contributed by atoms with Crippen molar-refractivity contribution in [3.63, 3.8) is 0 Å². The number of carbonyl (C=O) groups is 1. The molecule has 2 aromatic rings. The molecule has 0 aliphatic carbocycles. The quantitative estimate of drug-likeness (QED) is 0.882. The lowest BCUT2D eigenvalue weighted by Crippen LogP contribution is -2.29. The maximum Gasteiger partial charge on any atom is 0.471 e. The van der Waals surface area contributed by atoms with E-state index in [1.54, 1.807) is 11.4 Å². The molecule has 0 saturated heterocycles. The van der Waals surface area contributed by atoms with E-state index in [0.29, 0.717) is 5.56 Å². The standard InChI is InChI=1S/C12H9F4N3O/c13-10-4-2-1-3-8(10)6-19-7-9(5-17-19)18-11(20)12(14,15)16/h1-5,7H,6H2,(H,18,20). The van der Waals surface area contributed by atoms with Crippen molar-refractivity contribution >= 4 is 11.6 Å². The highest BCUT2D eigenvalue weighted by Gasteiger charge is 2.38. The number of aromatic nitrogens is 2. The molecule has 0 aliphatic rings. The van der Waals surface area contributed by atoms with E-state index >= 15 is 0 Å². The molecular weight excluding hydrogens is 278 g/mol. The highest BCUT2D eigenvalue weighted by molar-refractivity contribution is 5.94. The first-order valence-corrected chi connectivity index (χ1v) is 5.50. The third-order valence-corrected chi connectivity index (χ3v) is 2.44. The number of hydrogen-bond acceptors (Lipinski definition) is 2. The van der Waals surface area contributed by atoms with Crippen molar-refractivity contribution in [2.24, 2.45) is 0 Å². The number of halogens is 4. The second kappa shape index (κ2) is 5.32. The normalized spacial score (nSPS) is 11.4. The van der Waals surface area contributed by atoms with Gasteiger partial charge >= 0.3 is 12.1 Å². The first-order valence-electron chi connectivity index (χ1n) is 5.50. The maximum atomic E-state index is 13.4. The van der Waals surface area contributed by atoms with Crippen molar-refractivity contribution in [2.45, 2.75) is 12.7 Å². The fraction of sp³-hybridized carbons (Fsp3) is 0.167. The van der Waals surface area contributed by atoms with Gasteiger partial charge in [-0.05, 0) is 6.07 Å². The summed E-state index contributed by atoms with van der Waals surface area (Å²) in [6.45, 7) is 0.0502. The average Bonchev–Trinajstić information content (AvgIpc) is 2.78. The van der Waals surface area contributed by atoms with Crippen LogP contribution in [0.1, 0.15) is 5.56 Å². The number of alkyl halides is 3. The SMILES string of the molecule is O=C(Nc1cnn(Cc2ccccc2F)c1)C(F)(F)F. The summed E-state index contributed by atoms with van der Waals surface area (Å²) in [7, 11) is 0. The van der Waals surface area contributed by atoms with E-state index in [1.165, 1.54) is 29.1 Å². The molecule has 4 nitrogen and oxygen atoms in total. The third kappa shape index (κ3) is 3.34. The van der Waals surface area contributed by atoms with E-state index < -0.39 is 17.9 Å². The van der Waals surface area contributed by atoms with Gasteiger partial charge in [-0.15, -0.1) is 0 Å². The van der Waals surface area contributed by atoms with Gasteiger partial charge in [-0.25, -0.2) is 4.39 Å². The van der Waals surface area contributed by atoms with Gasteiger partial charge < -0.3 is 5.32 Å². The molecule has 0 aliphatic heterocycles. The zero-order valence-corrected chi connectivity index (χ0v) is 9.99. The number of anilines is 1. The van der Waals surface area contributed by atoms with E-state index in [1.807, 2.05) is 0 Å². The highest BCUT2D eigenvalue weighted by atomic mass is 19.4. The van der Waals surface area contributed by atoms with Crippen LogP contribution in [-0.2, 0) is 11.3 Å². The number of amides is 1. The molecular formula is C12H9F4N3O. The Kier molecular flexibility index (Phi) is 3.73. The van der Waals surface area contributed by atoms with E-state index in [9.17, 15) is 22.4 Å². The van der Waals surface area contributed by atoms with Crippen molar-refractivity contribution in [3.05, 3.63) is 48.0 Å². The Hall–Kier alpha value is -2.38. The van der Waals surface area contributed by atoms with Crippen LogP contribution in [0.15, 0.2) is 36.7 Å². The zero-order valence-electron chi connectivity index (χ0n) is 9.99. The molecule has 1 aromatic carbocycles. The molecule has 8 heteroatoms. The number of rotatable bonds is 3. The van der Waals surface area contributed by atoms with Crippen molar-refractivity contribution < 1.29 is 22.4 Å². The first-order chi connectivity index (χ1) is 9.36. The lowest BCUT2D eigenvalue weighted by atomic mass is 10.2. The highest BCUT2D eigenvalue weighted by Crippen LogP contribution is 2.18. The Labute approximate surface area is 111 Å². The Morgan fingerprint density at radius 1 is 1.30 bits per heavy atom. The minimum atomic E-state index is -4.96. The molecule has 0 radical (unpaired) electrons. The third-order valence-electron chi connectivity index (χ3n) is 2.44. The van der Waals surface area contributed by atoms with Gasteiger partial charge in [0.2, 0.25) is 0 Å². The number of carbonyl (C=O) groups excluding carboxylic acids is 1. The summed E-state index contributed by atoms with van der Waals surface area (Å²) >= 11 is 0. The smallest absolute Gasteiger partial charge is 0.316 e. The van der Waals surface area contributed by atoms with Crippen LogP contribution in [0.3, 0.4) is 0 Å². The number of nitrogens with one attached hydrogen (secondary N) is 1. The number of benzene rings is 1. The summed E-state index contributed by atoms with van der Waals surface area (Å²) in [6, 6.07) is 5.96. The van der Waals surface area contributed by atoms with Crippen LogP contribution in [0.2, 0.25) is 0 Å². The fourth-order valence-corrected chi connectivity index (χ4v) is 1.52. The molecule has 1 heterocycles. The molecule has 0 spiro atoms. The largest absolute Gasteiger partial charge is 0.471 e. The molecule has 106 valence electrons. The van der Waals surface area contributed by atoms with E-state index in [2.05, 4.69) is 5.10 Å². The molecule has 0 bridgehead atoms. The number of hydrogen-bond donors (Lipinski definition) is 1. The van der Waals surface area contributed by atoms with Crippen LogP contribution < -0.4 is 5.32 Å². The van der Waals surface area contributed by atoms with Gasteiger partial charge in [-0.1, -0.05) is 18.2 Å². The first kappa shape index (κ1) is 14.0. The average molecular weight is 287 g/mol. The fourth-order valence-electron chi connectivity index (χ4n) is 1.52. The maximum absolute atomic E-state index is 13.4. The summed E-state index contributed by atoms with van der Waals surface area (Å²) in [4.78, 5) is 10.7. The number of nitrogens with zero attached hydrogens (tertiary/aromatic N) is 2. The van der Waals surface area contributed by atoms with Gasteiger partial charge in [0.25, 0.3) is 0 Å². The topological polar surface area (TPSA) is 46.9 Å². The Morgan fingerprint density at radius 2 is 2.00 bits per heavy atom. The van der Waals surface area contributed by atoms with Gasteiger partial charge in [0, 0.05) is 11.8 Å². The molecule has 20 heavy (non-hydrogen) atoms. The Bertz CT molecular complexity index is 621. The summed E-state index contributed by atoms with van der Waals surface area (Å²) in [5.74, 6) is -2.52. The zero-order chi connectivity index (χ0) is 14.8. The molecule has 1 amide bonds. The van der Waals surface area contributed by atoms with Gasteiger partial charge in [0.15, 0.2) is 0 Å². The van der Waals surface area contributed by atoms with Crippen LogP contribution in [0, 0.1) is 5.82 Å². The van der Waals surface area contributed by atoms with Crippen LogP contribution in [0.25, 0.3) is 0 Å². The molecule has 2 rings (SSSR count). The summed E-state index contributed by atoms with van der Waals surface area (Å²) in [5, 5.41) is 5.42. The predicted molar refractivity (Wildman–Crippen MR) is 62.4 cm³/mol. The summed E-state index contributed by atoms with van der Waals surface area (Å²) in [5.41, 5.74) is 0.230. The minimum absolute atomic E-state index is 0.0502. The van der Waals surface area contributed by atoms with Gasteiger partial charge in [-0.3, -0.25) is 9.48 Å². The lowest BCUT2D eigenvalue weighted by molar-refractivity contribution is -0.167. The second-order valence-corrected chi connectivity index (χ2v) is 3.97. The van der Waals surface area contributed by atoms with E-state index in [-0.39, 0.29) is 12.2 Å². The van der Waals surface area contributed by atoms with E-state index in [4.69, 9.17) is 0 Å². The summed E-state index contributed by atoms with van der Waals surface area (Å²) < 4.78 is 50.8. The van der Waals surface area contributed by atoms with Crippen LogP contribution >= 0.6 is 0 Å². The molecule has 0 unspecified atom stereocenters. The Morgan fingerprint density at radius 3 is 2.65 bits per heavy atom. The monoisotopic (exact) mass is 287 g/mol. The van der Waals surface area contributed by atoms with Gasteiger partial charge in [0.05, 0.1) is 18.4 Å². The van der Waals surface area contributed by atoms with Crippen LogP contribution in [0.4, 0.5) is 23.2 Å². The van der Waals surface area contributed by atoms with Crippen LogP contribution in [0.5, 0.6) is 0 Å². The van der Waals surface area contributed by atoms with Crippen molar-refractivity contribution in [2.75, 3.05) is 5.32 Å². The second-order valence-electron chi connectivity index (χ2n) is 3.97. The molecule has 1 N–H and O–H groups in total. The molecule has 0 saturated carbocycles. The lowest BCUT2D eigenvalue weighted by Gasteiger charge is -2.05. The van der Waals surface area contributed by atoms with Crippen molar-refractivity contribution in [1.29, 1.82) is 0 Å². The van der Waals surface area contributed by atoms with Crippen molar-refractivity contribution in [1.82, 2.24) is 9.78 Å². The van der Waals surface area contributed by atoms with E-state index in [0.717, 1.165) is 6.20 Å². The van der Waals surface area contributed by atoms with Gasteiger partial charge in [-0.2, -0.15) is 18.3 Å².